The lowest BCUT2D eigenvalue weighted by Crippen LogP contribution is -2.30. The van der Waals surface area contributed by atoms with E-state index < -0.39 is 14.9 Å². The van der Waals surface area contributed by atoms with Crippen molar-refractivity contribution in [1.29, 1.82) is 0 Å². The largest absolute Gasteiger partial charge is 0.360 e. The van der Waals surface area contributed by atoms with Gasteiger partial charge in [0.2, 0.25) is 0 Å². The first-order valence-electron chi connectivity index (χ1n) is 7.69. The quantitative estimate of drug-likeness (QED) is 0.556. The number of nitrogens with zero attached hydrogens (tertiary/aromatic N) is 2. The Morgan fingerprint density at radius 3 is 2.60 bits per heavy atom. The molecular formula is C17H17N3O4S. The first-order valence-corrected chi connectivity index (χ1v) is 9.13. The van der Waals surface area contributed by atoms with E-state index in [1.807, 2.05) is 13.0 Å². The van der Waals surface area contributed by atoms with Crippen LogP contribution in [0.1, 0.15) is 12.5 Å². The smallest absolute Gasteiger partial charge is 0.270 e. The van der Waals surface area contributed by atoms with Crippen molar-refractivity contribution >= 4 is 32.3 Å². The van der Waals surface area contributed by atoms with Crippen LogP contribution in [-0.2, 0) is 10.0 Å². The fourth-order valence-electron chi connectivity index (χ4n) is 2.80. The summed E-state index contributed by atoms with van der Waals surface area (Å²) in [6, 6.07) is 11.3. The number of aryl methyl sites for hydroxylation is 1. The number of fused-ring (bicyclic) bond motifs is 1. The molecule has 0 aliphatic carbocycles. The van der Waals surface area contributed by atoms with Gasteiger partial charge in [-0.1, -0.05) is 12.1 Å². The number of hydrogen-bond acceptors (Lipinski definition) is 4. The van der Waals surface area contributed by atoms with E-state index in [0.717, 1.165) is 5.56 Å². The monoisotopic (exact) mass is 359 g/mol. The number of aromatic amines is 1. The number of nitro benzene ring substituents is 1. The van der Waals surface area contributed by atoms with Crippen LogP contribution in [0.3, 0.4) is 0 Å². The normalized spacial score (nSPS) is 11.6. The van der Waals surface area contributed by atoms with Crippen LogP contribution in [0.2, 0.25) is 0 Å². The van der Waals surface area contributed by atoms with Crippen molar-refractivity contribution < 1.29 is 13.3 Å². The summed E-state index contributed by atoms with van der Waals surface area (Å²) < 4.78 is 27.6. The molecule has 0 fully saturated rings. The number of nitrogens with one attached hydrogen (secondary N) is 1. The van der Waals surface area contributed by atoms with E-state index in [-0.39, 0.29) is 17.1 Å². The van der Waals surface area contributed by atoms with E-state index in [4.69, 9.17) is 0 Å². The molecule has 0 saturated heterocycles. The zero-order chi connectivity index (χ0) is 18.2. The van der Waals surface area contributed by atoms with Crippen LogP contribution in [0.15, 0.2) is 53.6 Å². The lowest BCUT2D eigenvalue weighted by Gasteiger charge is -2.22. The average molecular weight is 359 g/mol. The number of nitro groups is 1. The number of benzene rings is 2. The van der Waals surface area contributed by atoms with Gasteiger partial charge in [-0.3, -0.25) is 14.4 Å². The molecular weight excluding hydrogens is 342 g/mol. The van der Waals surface area contributed by atoms with Gasteiger partial charge in [0.25, 0.3) is 15.7 Å². The minimum atomic E-state index is -3.87. The molecule has 0 unspecified atom stereocenters. The number of sulfonamides is 1. The Bertz CT molecular complexity index is 1060. The highest BCUT2D eigenvalue weighted by Gasteiger charge is 2.27. The molecule has 3 rings (SSSR count). The number of hydrogen-bond donors (Lipinski definition) is 1. The van der Waals surface area contributed by atoms with Crippen molar-refractivity contribution in [2.24, 2.45) is 0 Å². The average Bonchev–Trinajstić information content (AvgIpc) is 2.99. The Balaban J connectivity index is 2.17. The van der Waals surface area contributed by atoms with E-state index >= 15 is 0 Å². The van der Waals surface area contributed by atoms with Crippen molar-refractivity contribution in [3.8, 4) is 0 Å². The van der Waals surface area contributed by atoms with Crippen LogP contribution in [0, 0.1) is 17.0 Å². The van der Waals surface area contributed by atoms with Gasteiger partial charge in [-0.05, 0) is 37.6 Å². The Hall–Kier alpha value is -2.87. The number of anilines is 1. The Labute approximate surface area is 145 Å². The fourth-order valence-corrected chi connectivity index (χ4v) is 4.43. The predicted molar refractivity (Wildman–Crippen MR) is 96.3 cm³/mol. The number of aromatic nitrogens is 1. The molecule has 0 spiro atoms. The highest BCUT2D eigenvalue weighted by Crippen LogP contribution is 2.31. The van der Waals surface area contributed by atoms with Gasteiger partial charge in [-0.15, -0.1) is 0 Å². The minimum absolute atomic E-state index is 0.0227. The van der Waals surface area contributed by atoms with Gasteiger partial charge in [0.15, 0.2) is 0 Å². The third-order valence-electron chi connectivity index (χ3n) is 3.98. The maximum absolute atomic E-state index is 13.2. The van der Waals surface area contributed by atoms with Gasteiger partial charge in [0, 0.05) is 35.8 Å². The second kappa shape index (κ2) is 6.21. The second-order valence-corrected chi connectivity index (χ2v) is 7.48. The van der Waals surface area contributed by atoms with Crippen LogP contribution in [-0.4, -0.2) is 24.9 Å². The van der Waals surface area contributed by atoms with Crippen LogP contribution >= 0.6 is 0 Å². The number of non-ortho nitro benzene ring substituents is 1. The maximum atomic E-state index is 13.2. The molecule has 0 radical (unpaired) electrons. The van der Waals surface area contributed by atoms with Gasteiger partial charge in [-0.25, -0.2) is 8.42 Å². The summed E-state index contributed by atoms with van der Waals surface area (Å²) in [4.78, 5) is 13.4. The highest BCUT2D eigenvalue weighted by molar-refractivity contribution is 7.93. The van der Waals surface area contributed by atoms with E-state index in [0.29, 0.717) is 16.6 Å². The van der Waals surface area contributed by atoms with Gasteiger partial charge >= 0.3 is 0 Å². The topological polar surface area (TPSA) is 96.3 Å². The van der Waals surface area contributed by atoms with Crippen LogP contribution in [0.4, 0.5) is 11.4 Å². The molecule has 2 aromatic carbocycles. The minimum Gasteiger partial charge on any atom is -0.360 e. The SMILES string of the molecule is CCN(c1cccc(C)c1)S(=O)(=O)c1c[nH]c2ccc([N+](=O)[O-])cc12. The molecule has 7 nitrogen and oxygen atoms in total. The van der Waals surface area contributed by atoms with Crippen LogP contribution in [0.25, 0.3) is 10.9 Å². The van der Waals surface area contributed by atoms with Gasteiger partial charge in [0.1, 0.15) is 4.90 Å². The summed E-state index contributed by atoms with van der Waals surface area (Å²) in [7, 11) is -3.87. The maximum Gasteiger partial charge on any atom is 0.270 e. The molecule has 0 saturated carbocycles. The van der Waals surface area contributed by atoms with E-state index in [1.165, 1.54) is 28.7 Å². The van der Waals surface area contributed by atoms with E-state index in [9.17, 15) is 18.5 Å². The third-order valence-corrected chi connectivity index (χ3v) is 5.93. The van der Waals surface area contributed by atoms with Crippen molar-refractivity contribution in [2.45, 2.75) is 18.7 Å². The molecule has 1 N–H and O–H groups in total. The van der Waals surface area contributed by atoms with Crippen molar-refractivity contribution in [3.05, 3.63) is 64.3 Å². The molecule has 1 aromatic heterocycles. The number of H-pyrrole nitrogens is 1. The zero-order valence-corrected chi connectivity index (χ0v) is 14.6. The summed E-state index contributed by atoms with van der Waals surface area (Å²) in [6.07, 6.45) is 1.38. The van der Waals surface area contributed by atoms with E-state index in [1.54, 1.807) is 25.1 Å². The predicted octanol–water partition coefficient (Wildman–Crippen LogP) is 3.60. The fraction of sp³-hybridized carbons (Fsp3) is 0.176. The Morgan fingerprint density at radius 2 is 1.96 bits per heavy atom. The molecule has 8 heteroatoms. The molecule has 0 atom stereocenters. The number of rotatable bonds is 5. The lowest BCUT2D eigenvalue weighted by atomic mass is 10.2. The first-order chi connectivity index (χ1) is 11.8. The van der Waals surface area contributed by atoms with Crippen LogP contribution in [0.5, 0.6) is 0 Å². The molecule has 0 amide bonds. The summed E-state index contributed by atoms with van der Waals surface area (Å²) in [5.41, 5.74) is 1.88. The second-order valence-electron chi connectivity index (χ2n) is 5.65. The van der Waals surface area contributed by atoms with Crippen LogP contribution < -0.4 is 4.31 Å². The molecule has 25 heavy (non-hydrogen) atoms. The van der Waals surface area contributed by atoms with E-state index in [2.05, 4.69) is 4.98 Å². The molecule has 0 aliphatic heterocycles. The molecule has 130 valence electrons. The zero-order valence-electron chi connectivity index (χ0n) is 13.8. The van der Waals surface area contributed by atoms with Gasteiger partial charge < -0.3 is 4.98 Å². The van der Waals surface area contributed by atoms with Crippen molar-refractivity contribution in [3.63, 3.8) is 0 Å². The third kappa shape index (κ3) is 2.96. The summed E-state index contributed by atoms with van der Waals surface area (Å²) in [5, 5.41) is 11.3. The summed E-state index contributed by atoms with van der Waals surface area (Å²) in [5.74, 6) is 0. The lowest BCUT2D eigenvalue weighted by molar-refractivity contribution is -0.384. The highest BCUT2D eigenvalue weighted by atomic mass is 32.2. The Kier molecular flexibility index (Phi) is 4.22. The van der Waals surface area contributed by atoms with Gasteiger partial charge in [0.05, 0.1) is 10.6 Å². The summed E-state index contributed by atoms with van der Waals surface area (Å²) >= 11 is 0. The van der Waals surface area contributed by atoms with Crippen molar-refractivity contribution in [1.82, 2.24) is 4.98 Å². The van der Waals surface area contributed by atoms with Gasteiger partial charge in [-0.2, -0.15) is 0 Å². The molecule has 1 heterocycles. The molecule has 3 aromatic rings. The standard InChI is InChI=1S/C17H17N3O4S/c1-3-19(13-6-4-5-12(2)9-13)25(23,24)17-11-18-16-8-7-14(20(21)22)10-15(16)17/h4-11,18H,3H2,1-2H3. The molecule has 0 aliphatic rings. The first kappa shape index (κ1) is 17.0. The Morgan fingerprint density at radius 1 is 1.20 bits per heavy atom. The summed E-state index contributed by atoms with van der Waals surface area (Å²) in [6.45, 7) is 3.88. The van der Waals surface area contributed by atoms with Crippen molar-refractivity contribution in [2.75, 3.05) is 10.8 Å². The molecule has 0 bridgehead atoms.